The molecular weight excluding hydrogens is 462 g/mol. The smallest absolute Gasteiger partial charge is 0.251 e. The fourth-order valence-electron chi connectivity index (χ4n) is 4.57. The Morgan fingerprint density at radius 3 is 2.71 bits per heavy atom. The normalized spacial score (nSPS) is 15.1. The van der Waals surface area contributed by atoms with Crippen molar-refractivity contribution in [3.63, 3.8) is 0 Å². The first-order valence-electron chi connectivity index (χ1n) is 11.7. The van der Waals surface area contributed by atoms with Gasteiger partial charge in [-0.3, -0.25) is 14.7 Å². The molecule has 35 heavy (non-hydrogen) atoms. The topological polar surface area (TPSA) is 84.2 Å². The molecule has 1 atom stereocenters. The highest BCUT2D eigenvalue weighted by Gasteiger charge is 2.27. The predicted molar refractivity (Wildman–Crippen MR) is 133 cm³/mol. The average molecular weight is 488 g/mol. The number of fused-ring (bicyclic) bond motifs is 1. The lowest BCUT2D eigenvalue weighted by Gasteiger charge is -2.34. The van der Waals surface area contributed by atoms with Gasteiger partial charge in [-0.25, -0.2) is 9.97 Å². The molecule has 8 heteroatoms. The Kier molecular flexibility index (Phi) is 7.16. The Morgan fingerprint density at radius 2 is 1.91 bits per heavy atom. The van der Waals surface area contributed by atoms with Crippen LogP contribution in [0.5, 0.6) is 0 Å². The van der Waals surface area contributed by atoms with E-state index in [0.29, 0.717) is 23.8 Å². The van der Waals surface area contributed by atoms with Gasteiger partial charge in [0.25, 0.3) is 5.91 Å². The molecule has 0 aliphatic heterocycles. The monoisotopic (exact) mass is 487 g/mol. The van der Waals surface area contributed by atoms with Crippen molar-refractivity contribution in [2.75, 3.05) is 0 Å². The van der Waals surface area contributed by atoms with Gasteiger partial charge >= 0.3 is 0 Å². The number of nitrogens with zero attached hydrogens (tertiary/aromatic N) is 4. The molecule has 0 bridgehead atoms. The van der Waals surface area contributed by atoms with Crippen LogP contribution in [0.25, 0.3) is 0 Å². The van der Waals surface area contributed by atoms with Crippen LogP contribution in [0.1, 0.15) is 57.3 Å². The van der Waals surface area contributed by atoms with Gasteiger partial charge in [-0.2, -0.15) is 0 Å². The first-order valence-corrected chi connectivity index (χ1v) is 12.1. The summed E-state index contributed by atoms with van der Waals surface area (Å²) in [5.74, 6) is -0.180. The van der Waals surface area contributed by atoms with Crippen LogP contribution in [0.3, 0.4) is 0 Å². The minimum absolute atomic E-state index is 0.180. The van der Waals surface area contributed by atoms with Gasteiger partial charge in [0.2, 0.25) is 0 Å². The van der Waals surface area contributed by atoms with Crippen molar-refractivity contribution in [3.05, 3.63) is 112 Å². The first-order chi connectivity index (χ1) is 17.2. The number of oxazole rings is 1. The van der Waals surface area contributed by atoms with Crippen LogP contribution < -0.4 is 5.32 Å². The number of hydrogen-bond donors (Lipinski definition) is 1. The Morgan fingerprint density at radius 1 is 1.06 bits per heavy atom. The highest BCUT2D eigenvalue weighted by molar-refractivity contribution is 6.29. The van der Waals surface area contributed by atoms with Crippen molar-refractivity contribution in [1.29, 1.82) is 0 Å². The van der Waals surface area contributed by atoms with Crippen LogP contribution in [0.2, 0.25) is 5.15 Å². The van der Waals surface area contributed by atoms with Gasteiger partial charge in [0.05, 0.1) is 17.4 Å². The number of benzene rings is 1. The van der Waals surface area contributed by atoms with Gasteiger partial charge in [-0.1, -0.05) is 41.9 Å². The third-order valence-corrected chi connectivity index (χ3v) is 6.51. The number of carbonyl (C=O) groups is 1. The number of aryl methyl sites for hydroxylation is 1. The highest BCUT2D eigenvalue weighted by Crippen LogP contribution is 2.34. The number of nitrogens with one attached hydrogen (secondary N) is 1. The molecule has 1 aromatic carbocycles. The van der Waals surface area contributed by atoms with Crippen molar-refractivity contribution in [1.82, 2.24) is 25.2 Å². The molecule has 1 aliphatic rings. The second-order valence-corrected chi connectivity index (χ2v) is 9.09. The molecule has 7 nitrogen and oxygen atoms in total. The lowest BCUT2D eigenvalue weighted by Crippen LogP contribution is -2.31. The summed E-state index contributed by atoms with van der Waals surface area (Å²) in [6.07, 6.45) is 9.86. The van der Waals surface area contributed by atoms with E-state index in [4.69, 9.17) is 21.0 Å². The Bertz CT molecular complexity index is 1280. The van der Waals surface area contributed by atoms with Crippen LogP contribution in [0.15, 0.2) is 78.0 Å². The summed E-state index contributed by atoms with van der Waals surface area (Å²) < 4.78 is 5.22. The molecule has 1 aliphatic carbocycles. The van der Waals surface area contributed by atoms with Crippen molar-refractivity contribution in [3.8, 4) is 0 Å². The second kappa shape index (κ2) is 10.8. The largest absolute Gasteiger partial charge is 0.451 e. The van der Waals surface area contributed by atoms with E-state index in [1.54, 1.807) is 18.4 Å². The molecule has 3 heterocycles. The lowest BCUT2D eigenvalue weighted by atomic mass is 9.90. The molecule has 1 amide bonds. The zero-order valence-corrected chi connectivity index (χ0v) is 20.0. The van der Waals surface area contributed by atoms with E-state index in [9.17, 15) is 4.79 Å². The van der Waals surface area contributed by atoms with Gasteiger partial charge in [0.1, 0.15) is 11.4 Å². The number of hydrogen-bond acceptors (Lipinski definition) is 6. The summed E-state index contributed by atoms with van der Waals surface area (Å²) in [6.45, 7) is 1.88. The zero-order valence-electron chi connectivity index (χ0n) is 19.2. The molecule has 0 spiro atoms. The minimum atomic E-state index is -0.180. The molecule has 178 valence electrons. The Balaban J connectivity index is 1.28. The maximum atomic E-state index is 12.4. The van der Waals surface area contributed by atoms with Crippen LogP contribution >= 0.6 is 11.6 Å². The maximum absolute atomic E-state index is 12.4. The quantitative estimate of drug-likeness (QED) is 0.347. The fourth-order valence-corrected chi connectivity index (χ4v) is 4.74. The molecule has 0 fully saturated rings. The van der Waals surface area contributed by atoms with E-state index in [0.717, 1.165) is 42.8 Å². The third kappa shape index (κ3) is 5.75. The van der Waals surface area contributed by atoms with Crippen molar-refractivity contribution in [2.24, 2.45) is 0 Å². The Hall–Kier alpha value is -3.55. The summed E-state index contributed by atoms with van der Waals surface area (Å²) in [6, 6.07) is 16.0. The van der Waals surface area contributed by atoms with Crippen LogP contribution in [0.4, 0.5) is 0 Å². The van der Waals surface area contributed by atoms with Gasteiger partial charge in [-0.05, 0) is 54.2 Å². The van der Waals surface area contributed by atoms with Gasteiger partial charge < -0.3 is 9.73 Å². The molecule has 5 rings (SSSR count). The molecule has 0 saturated carbocycles. The SMILES string of the molecule is O=C(NCc1ccc(CN(Cc2cocn2)C2CCCc3cccnc32)cc1)c1ccnc(Cl)c1. The summed E-state index contributed by atoms with van der Waals surface area (Å²) >= 11 is 5.89. The summed E-state index contributed by atoms with van der Waals surface area (Å²) in [4.78, 5) is 27.8. The molecule has 1 unspecified atom stereocenters. The number of aromatic nitrogens is 3. The fraction of sp³-hybridized carbons (Fsp3) is 0.259. The van der Waals surface area contributed by atoms with E-state index < -0.39 is 0 Å². The van der Waals surface area contributed by atoms with Crippen LogP contribution in [0, 0.1) is 0 Å². The number of carbonyl (C=O) groups excluding carboxylic acids is 1. The molecule has 1 N–H and O–H groups in total. The molecular formula is C27H26ClN5O2. The highest BCUT2D eigenvalue weighted by atomic mass is 35.5. The Labute approximate surface area is 209 Å². The standard InChI is InChI=1S/C27H26ClN5O2/c28-25-13-22(10-12-29-25)27(34)31-14-19-6-8-20(9-7-19)15-33(16-23-17-35-18-32-23)24-5-1-3-21-4-2-11-30-26(21)24/h2,4,6-13,17-18,24H,1,3,5,14-16H2,(H,31,34). The van der Waals surface area contributed by atoms with E-state index >= 15 is 0 Å². The number of pyridine rings is 2. The van der Waals surface area contributed by atoms with Crippen molar-refractivity contribution < 1.29 is 9.21 Å². The van der Waals surface area contributed by atoms with Crippen LogP contribution in [-0.2, 0) is 26.1 Å². The van der Waals surface area contributed by atoms with E-state index in [-0.39, 0.29) is 11.9 Å². The van der Waals surface area contributed by atoms with E-state index in [1.807, 2.05) is 12.3 Å². The number of amides is 1. The predicted octanol–water partition coefficient (Wildman–Crippen LogP) is 5.13. The first kappa shape index (κ1) is 23.2. The minimum Gasteiger partial charge on any atom is -0.451 e. The third-order valence-electron chi connectivity index (χ3n) is 6.31. The zero-order chi connectivity index (χ0) is 24.0. The van der Waals surface area contributed by atoms with Crippen LogP contribution in [-0.4, -0.2) is 25.8 Å². The molecule has 0 saturated heterocycles. The van der Waals surface area contributed by atoms with Crippen molar-refractivity contribution in [2.45, 2.75) is 44.9 Å². The van der Waals surface area contributed by atoms with Gasteiger partial charge in [-0.15, -0.1) is 0 Å². The van der Waals surface area contributed by atoms with Crippen molar-refractivity contribution >= 4 is 17.5 Å². The van der Waals surface area contributed by atoms with Gasteiger partial charge in [0.15, 0.2) is 6.39 Å². The molecule has 3 aromatic heterocycles. The summed E-state index contributed by atoms with van der Waals surface area (Å²) in [7, 11) is 0. The summed E-state index contributed by atoms with van der Waals surface area (Å²) in [5, 5.41) is 3.23. The summed E-state index contributed by atoms with van der Waals surface area (Å²) in [5.41, 5.74) is 6.10. The average Bonchev–Trinajstić information content (AvgIpc) is 3.40. The number of halogens is 1. The van der Waals surface area contributed by atoms with E-state index in [1.165, 1.54) is 23.7 Å². The van der Waals surface area contributed by atoms with E-state index in [2.05, 4.69) is 50.5 Å². The lowest BCUT2D eigenvalue weighted by molar-refractivity contribution is 0.0951. The molecule has 0 radical (unpaired) electrons. The van der Waals surface area contributed by atoms with Gasteiger partial charge in [0, 0.05) is 37.6 Å². The second-order valence-electron chi connectivity index (χ2n) is 8.71. The number of rotatable bonds is 8. The maximum Gasteiger partial charge on any atom is 0.251 e. The molecule has 4 aromatic rings.